The summed E-state index contributed by atoms with van der Waals surface area (Å²) in [6, 6.07) is -0.687. The first kappa shape index (κ1) is 15.3. The largest absolute Gasteiger partial charge is 0.480 e. The summed E-state index contributed by atoms with van der Waals surface area (Å²) in [4.78, 5) is 23.6. The number of aliphatic carboxylic acids is 1. The van der Waals surface area contributed by atoms with Crippen molar-refractivity contribution in [3.63, 3.8) is 0 Å². The summed E-state index contributed by atoms with van der Waals surface area (Å²) in [5.74, 6) is -0.402. The van der Waals surface area contributed by atoms with Gasteiger partial charge in [-0.25, -0.2) is 4.79 Å². The van der Waals surface area contributed by atoms with Crippen LogP contribution in [0.3, 0.4) is 0 Å². The normalized spacial score (nSPS) is 23.2. The first-order valence-electron chi connectivity index (χ1n) is 8.20. The Labute approximate surface area is 121 Å². The van der Waals surface area contributed by atoms with Crippen molar-refractivity contribution in [3.8, 4) is 0 Å². The molecule has 0 bridgehead atoms. The Morgan fingerprint density at radius 1 is 0.950 bits per heavy atom. The standard InChI is InChI=1S/C16H27NO3/c18-15(13-9-5-2-6-10-13)17-14(16(19)20)11-12-7-3-1-4-8-12/h12-14H,1-11H2,(H,17,18)(H,19,20). The molecule has 0 aliphatic heterocycles. The highest BCUT2D eigenvalue weighted by Crippen LogP contribution is 2.28. The number of hydrogen-bond donors (Lipinski definition) is 2. The highest BCUT2D eigenvalue weighted by molar-refractivity contribution is 5.85. The molecule has 20 heavy (non-hydrogen) atoms. The lowest BCUT2D eigenvalue weighted by molar-refractivity contribution is -0.143. The van der Waals surface area contributed by atoms with Crippen LogP contribution in [0.5, 0.6) is 0 Å². The molecule has 4 heteroatoms. The molecule has 2 saturated carbocycles. The van der Waals surface area contributed by atoms with Gasteiger partial charge in [-0.3, -0.25) is 4.79 Å². The average Bonchev–Trinajstić information content (AvgIpc) is 2.48. The van der Waals surface area contributed by atoms with Crippen molar-refractivity contribution in [1.29, 1.82) is 0 Å². The monoisotopic (exact) mass is 281 g/mol. The minimum Gasteiger partial charge on any atom is -0.480 e. The Bertz CT molecular complexity index is 331. The fourth-order valence-electron chi connectivity index (χ4n) is 3.63. The number of carboxylic acids is 1. The van der Waals surface area contributed by atoms with Crippen LogP contribution >= 0.6 is 0 Å². The van der Waals surface area contributed by atoms with E-state index in [0.717, 1.165) is 38.5 Å². The van der Waals surface area contributed by atoms with E-state index in [0.29, 0.717) is 12.3 Å². The molecule has 2 N–H and O–H groups in total. The topological polar surface area (TPSA) is 66.4 Å². The van der Waals surface area contributed by atoms with Gasteiger partial charge in [0.25, 0.3) is 0 Å². The van der Waals surface area contributed by atoms with Crippen LogP contribution in [-0.4, -0.2) is 23.0 Å². The van der Waals surface area contributed by atoms with Crippen molar-refractivity contribution in [2.45, 2.75) is 76.7 Å². The van der Waals surface area contributed by atoms with Crippen LogP contribution in [0.1, 0.15) is 70.6 Å². The van der Waals surface area contributed by atoms with Gasteiger partial charge in [-0.15, -0.1) is 0 Å². The predicted molar refractivity (Wildman–Crippen MR) is 77.3 cm³/mol. The van der Waals surface area contributed by atoms with Crippen LogP contribution in [0.4, 0.5) is 0 Å². The molecule has 2 aliphatic rings. The summed E-state index contributed by atoms with van der Waals surface area (Å²) in [6.45, 7) is 0. The first-order chi connectivity index (χ1) is 9.66. The molecule has 2 rings (SSSR count). The van der Waals surface area contributed by atoms with Gasteiger partial charge in [0.15, 0.2) is 0 Å². The molecular formula is C16H27NO3. The van der Waals surface area contributed by atoms with Crippen molar-refractivity contribution >= 4 is 11.9 Å². The predicted octanol–water partition coefficient (Wildman–Crippen LogP) is 3.11. The van der Waals surface area contributed by atoms with Crippen LogP contribution in [0.2, 0.25) is 0 Å². The zero-order valence-electron chi connectivity index (χ0n) is 12.3. The highest BCUT2D eigenvalue weighted by atomic mass is 16.4. The van der Waals surface area contributed by atoms with Gasteiger partial charge in [0.2, 0.25) is 5.91 Å². The molecule has 4 nitrogen and oxygen atoms in total. The van der Waals surface area contributed by atoms with Crippen molar-refractivity contribution < 1.29 is 14.7 Å². The summed E-state index contributed by atoms with van der Waals surface area (Å²) in [6.07, 6.45) is 11.7. The second-order valence-corrected chi connectivity index (χ2v) is 6.47. The van der Waals surface area contributed by atoms with Gasteiger partial charge in [-0.1, -0.05) is 51.4 Å². The number of hydrogen-bond acceptors (Lipinski definition) is 2. The fraction of sp³-hybridized carbons (Fsp3) is 0.875. The maximum absolute atomic E-state index is 12.2. The van der Waals surface area contributed by atoms with Crippen molar-refractivity contribution in [3.05, 3.63) is 0 Å². The number of rotatable bonds is 5. The quantitative estimate of drug-likeness (QED) is 0.813. The molecule has 1 amide bonds. The van der Waals surface area contributed by atoms with Crippen LogP contribution < -0.4 is 5.32 Å². The minimum absolute atomic E-state index is 0.0343. The number of carboxylic acid groups (broad SMARTS) is 1. The van der Waals surface area contributed by atoms with Gasteiger partial charge < -0.3 is 10.4 Å². The first-order valence-corrected chi connectivity index (χ1v) is 8.20. The van der Waals surface area contributed by atoms with Gasteiger partial charge >= 0.3 is 5.97 Å². The Balaban J connectivity index is 1.84. The van der Waals surface area contributed by atoms with E-state index in [-0.39, 0.29) is 11.8 Å². The van der Waals surface area contributed by atoms with Gasteiger partial charge in [-0.2, -0.15) is 0 Å². The third-order valence-corrected chi connectivity index (χ3v) is 4.88. The van der Waals surface area contributed by atoms with E-state index in [2.05, 4.69) is 5.32 Å². The Morgan fingerprint density at radius 2 is 1.50 bits per heavy atom. The molecule has 1 unspecified atom stereocenters. The zero-order valence-corrected chi connectivity index (χ0v) is 12.3. The van der Waals surface area contributed by atoms with Crippen LogP contribution in [0.25, 0.3) is 0 Å². The molecular weight excluding hydrogens is 254 g/mol. The van der Waals surface area contributed by atoms with E-state index in [9.17, 15) is 14.7 Å². The van der Waals surface area contributed by atoms with Crippen LogP contribution in [-0.2, 0) is 9.59 Å². The molecule has 0 radical (unpaired) electrons. The van der Waals surface area contributed by atoms with Crippen molar-refractivity contribution in [2.24, 2.45) is 11.8 Å². The lowest BCUT2D eigenvalue weighted by Gasteiger charge is -2.27. The minimum atomic E-state index is -0.875. The Morgan fingerprint density at radius 3 is 2.05 bits per heavy atom. The Hall–Kier alpha value is -1.06. The van der Waals surface area contributed by atoms with E-state index < -0.39 is 12.0 Å². The zero-order chi connectivity index (χ0) is 14.4. The lowest BCUT2D eigenvalue weighted by atomic mass is 9.84. The summed E-state index contributed by atoms with van der Waals surface area (Å²) in [7, 11) is 0. The summed E-state index contributed by atoms with van der Waals surface area (Å²) in [5, 5.41) is 12.1. The van der Waals surface area contributed by atoms with Gasteiger partial charge in [0, 0.05) is 5.92 Å². The Kier molecular flexibility index (Phi) is 5.86. The molecule has 114 valence electrons. The van der Waals surface area contributed by atoms with Gasteiger partial charge in [-0.05, 0) is 25.2 Å². The molecule has 0 aromatic carbocycles. The van der Waals surface area contributed by atoms with E-state index >= 15 is 0 Å². The number of amides is 1. The van der Waals surface area contributed by atoms with Crippen LogP contribution in [0.15, 0.2) is 0 Å². The van der Waals surface area contributed by atoms with Gasteiger partial charge in [0.05, 0.1) is 0 Å². The summed E-state index contributed by atoms with van der Waals surface area (Å²) >= 11 is 0. The molecule has 0 saturated heterocycles. The third-order valence-electron chi connectivity index (χ3n) is 4.88. The molecule has 1 atom stereocenters. The average molecular weight is 281 g/mol. The molecule has 2 fully saturated rings. The SMILES string of the molecule is O=C(NC(CC1CCCCC1)C(=O)O)C1CCCCC1. The second-order valence-electron chi connectivity index (χ2n) is 6.47. The number of nitrogens with one attached hydrogen (secondary N) is 1. The van der Waals surface area contributed by atoms with Crippen molar-refractivity contribution in [1.82, 2.24) is 5.32 Å². The second kappa shape index (κ2) is 7.65. The highest BCUT2D eigenvalue weighted by Gasteiger charge is 2.28. The molecule has 0 heterocycles. The van der Waals surface area contributed by atoms with Gasteiger partial charge in [0.1, 0.15) is 6.04 Å². The lowest BCUT2D eigenvalue weighted by Crippen LogP contribution is -2.45. The molecule has 0 aromatic rings. The number of carbonyl (C=O) groups excluding carboxylic acids is 1. The molecule has 2 aliphatic carbocycles. The fourth-order valence-corrected chi connectivity index (χ4v) is 3.63. The molecule has 0 aromatic heterocycles. The third kappa shape index (κ3) is 4.50. The molecule has 0 spiro atoms. The van der Waals surface area contributed by atoms with E-state index in [4.69, 9.17) is 0 Å². The summed E-state index contributed by atoms with van der Waals surface area (Å²) in [5.41, 5.74) is 0. The van der Waals surface area contributed by atoms with Crippen LogP contribution in [0, 0.1) is 11.8 Å². The van der Waals surface area contributed by atoms with E-state index in [1.165, 1.54) is 25.7 Å². The maximum Gasteiger partial charge on any atom is 0.326 e. The van der Waals surface area contributed by atoms with E-state index in [1.54, 1.807) is 0 Å². The summed E-state index contributed by atoms with van der Waals surface area (Å²) < 4.78 is 0. The maximum atomic E-state index is 12.2. The number of carbonyl (C=O) groups is 2. The van der Waals surface area contributed by atoms with Crippen molar-refractivity contribution in [2.75, 3.05) is 0 Å². The smallest absolute Gasteiger partial charge is 0.326 e. The van der Waals surface area contributed by atoms with E-state index in [1.807, 2.05) is 0 Å².